The van der Waals surface area contributed by atoms with E-state index in [1.54, 1.807) is 30.6 Å². The molecule has 0 bridgehead atoms. The van der Waals surface area contributed by atoms with Gasteiger partial charge in [0.1, 0.15) is 11.6 Å². The van der Waals surface area contributed by atoms with Crippen LogP contribution in [-0.2, 0) is 4.79 Å². The van der Waals surface area contributed by atoms with E-state index in [0.717, 1.165) is 0 Å². The van der Waals surface area contributed by atoms with Gasteiger partial charge in [-0.2, -0.15) is 0 Å². The average molecular weight is 359 g/mol. The van der Waals surface area contributed by atoms with Crippen molar-refractivity contribution in [3.63, 3.8) is 0 Å². The van der Waals surface area contributed by atoms with E-state index in [1.165, 1.54) is 0 Å². The zero-order chi connectivity index (χ0) is 14.5. The van der Waals surface area contributed by atoms with Crippen LogP contribution in [0.25, 0.3) is 0 Å². The number of nitrogens with one attached hydrogen (secondary N) is 2. The molecule has 1 heterocycles. The highest BCUT2D eigenvalue weighted by Crippen LogP contribution is 2.27. The van der Waals surface area contributed by atoms with Crippen molar-refractivity contribution in [1.82, 2.24) is 15.3 Å². The van der Waals surface area contributed by atoms with E-state index < -0.39 is 0 Å². The number of benzene rings is 1. The Balaban J connectivity index is 1.86. The van der Waals surface area contributed by atoms with E-state index in [9.17, 15) is 4.79 Å². The first-order valence-electron chi connectivity index (χ1n) is 5.92. The van der Waals surface area contributed by atoms with Crippen molar-refractivity contribution in [2.45, 2.75) is 13.0 Å². The van der Waals surface area contributed by atoms with Crippen LogP contribution in [0.2, 0.25) is 5.02 Å². The summed E-state index contributed by atoms with van der Waals surface area (Å²) in [6.45, 7) is 1.76. The molecule has 1 unspecified atom stereocenters. The molecule has 0 fully saturated rings. The summed E-state index contributed by atoms with van der Waals surface area (Å²) < 4.78 is 6.13. The van der Waals surface area contributed by atoms with Gasteiger partial charge >= 0.3 is 0 Å². The maximum atomic E-state index is 11.8. The van der Waals surface area contributed by atoms with Gasteiger partial charge in [0.15, 0.2) is 6.61 Å². The lowest BCUT2D eigenvalue weighted by molar-refractivity contribution is -0.123. The summed E-state index contributed by atoms with van der Waals surface area (Å²) in [7, 11) is 0. The summed E-state index contributed by atoms with van der Waals surface area (Å²) >= 11 is 9.15. The van der Waals surface area contributed by atoms with Crippen LogP contribution in [0, 0.1) is 0 Å². The number of aromatic nitrogens is 2. The Kier molecular flexibility index (Phi) is 5.03. The van der Waals surface area contributed by atoms with Gasteiger partial charge in [-0.3, -0.25) is 4.79 Å². The maximum Gasteiger partial charge on any atom is 0.258 e. The van der Waals surface area contributed by atoms with Gasteiger partial charge in [0.2, 0.25) is 0 Å². The quantitative estimate of drug-likeness (QED) is 0.863. The Hall–Kier alpha value is -1.53. The van der Waals surface area contributed by atoms with Gasteiger partial charge in [0, 0.05) is 17.4 Å². The Morgan fingerprint density at radius 3 is 3.05 bits per heavy atom. The van der Waals surface area contributed by atoms with Crippen molar-refractivity contribution in [2.75, 3.05) is 6.61 Å². The first-order valence-corrected chi connectivity index (χ1v) is 7.10. The Bertz CT molecular complexity index is 589. The molecule has 0 spiro atoms. The van der Waals surface area contributed by atoms with Gasteiger partial charge < -0.3 is 15.0 Å². The molecule has 2 rings (SSSR count). The molecule has 1 atom stereocenters. The minimum atomic E-state index is -0.226. The van der Waals surface area contributed by atoms with Crippen molar-refractivity contribution >= 4 is 33.4 Å². The standard InChI is InChI=1S/C13H13BrClN3O2/c1-8(13-16-4-5-17-13)18-12(19)7-20-11-3-2-9(15)6-10(11)14/h2-6,8H,7H2,1H3,(H,16,17)(H,18,19). The van der Waals surface area contributed by atoms with Gasteiger partial charge in [-0.15, -0.1) is 0 Å². The number of halogens is 2. The van der Waals surface area contributed by atoms with Crippen molar-refractivity contribution in [2.24, 2.45) is 0 Å². The summed E-state index contributed by atoms with van der Waals surface area (Å²) in [5, 5.41) is 3.38. The summed E-state index contributed by atoms with van der Waals surface area (Å²) in [5.74, 6) is 1.04. The Morgan fingerprint density at radius 2 is 2.40 bits per heavy atom. The summed E-state index contributed by atoms with van der Waals surface area (Å²) in [6.07, 6.45) is 3.35. The topological polar surface area (TPSA) is 67.0 Å². The second kappa shape index (κ2) is 6.76. The molecule has 1 amide bonds. The van der Waals surface area contributed by atoms with E-state index in [4.69, 9.17) is 16.3 Å². The van der Waals surface area contributed by atoms with Crippen molar-refractivity contribution < 1.29 is 9.53 Å². The van der Waals surface area contributed by atoms with E-state index in [2.05, 4.69) is 31.2 Å². The molecule has 0 aliphatic carbocycles. The van der Waals surface area contributed by atoms with Crippen molar-refractivity contribution in [3.8, 4) is 5.75 Å². The van der Waals surface area contributed by atoms with Crippen LogP contribution in [0.1, 0.15) is 18.8 Å². The lowest BCUT2D eigenvalue weighted by Crippen LogP contribution is -2.31. The second-order valence-corrected chi connectivity index (χ2v) is 5.42. The fourth-order valence-corrected chi connectivity index (χ4v) is 2.40. The fraction of sp³-hybridized carbons (Fsp3) is 0.231. The molecule has 7 heteroatoms. The van der Waals surface area contributed by atoms with Gasteiger partial charge in [-0.25, -0.2) is 4.98 Å². The molecule has 20 heavy (non-hydrogen) atoms. The number of nitrogens with zero attached hydrogens (tertiary/aromatic N) is 1. The zero-order valence-electron chi connectivity index (χ0n) is 10.7. The van der Waals surface area contributed by atoms with E-state index in [-0.39, 0.29) is 18.6 Å². The van der Waals surface area contributed by atoms with Gasteiger partial charge in [-0.05, 0) is 41.1 Å². The number of imidazole rings is 1. The molecule has 0 saturated heterocycles. The predicted octanol–water partition coefficient (Wildman–Crippen LogP) is 3.08. The third-order valence-corrected chi connectivity index (χ3v) is 3.41. The SMILES string of the molecule is CC(NC(=O)COc1ccc(Cl)cc1Br)c1ncc[nH]1. The average Bonchev–Trinajstić information content (AvgIpc) is 2.91. The minimum Gasteiger partial charge on any atom is -0.483 e. The first kappa shape index (κ1) is 14.9. The Labute approximate surface area is 129 Å². The number of hydrogen-bond donors (Lipinski definition) is 2. The highest BCUT2D eigenvalue weighted by molar-refractivity contribution is 9.10. The normalized spacial score (nSPS) is 11.9. The van der Waals surface area contributed by atoms with Crippen LogP contribution < -0.4 is 10.1 Å². The molecule has 0 radical (unpaired) electrons. The lowest BCUT2D eigenvalue weighted by atomic mass is 10.3. The van der Waals surface area contributed by atoms with Crippen LogP contribution in [0.15, 0.2) is 35.1 Å². The molecule has 0 saturated carbocycles. The Morgan fingerprint density at radius 1 is 1.60 bits per heavy atom. The number of hydrogen-bond acceptors (Lipinski definition) is 3. The van der Waals surface area contributed by atoms with Gasteiger partial charge in [0.25, 0.3) is 5.91 Å². The van der Waals surface area contributed by atoms with E-state index >= 15 is 0 Å². The van der Waals surface area contributed by atoms with E-state index in [1.807, 2.05) is 6.92 Å². The largest absolute Gasteiger partial charge is 0.483 e. The molecule has 106 valence electrons. The molecule has 1 aromatic carbocycles. The number of ether oxygens (including phenoxy) is 1. The summed E-state index contributed by atoms with van der Waals surface area (Å²) in [5.41, 5.74) is 0. The van der Waals surface area contributed by atoms with Crippen LogP contribution in [0.3, 0.4) is 0 Å². The smallest absolute Gasteiger partial charge is 0.258 e. The monoisotopic (exact) mass is 357 g/mol. The number of aromatic amines is 1. The minimum absolute atomic E-state index is 0.0781. The number of amides is 1. The van der Waals surface area contributed by atoms with Crippen molar-refractivity contribution in [1.29, 1.82) is 0 Å². The van der Waals surface area contributed by atoms with Crippen LogP contribution in [0.4, 0.5) is 0 Å². The predicted molar refractivity (Wildman–Crippen MR) is 79.8 cm³/mol. The van der Waals surface area contributed by atoms with Crippen LogP contribution in [-0.4, -0.2) is 22.5 Å². The molecule has 1 aromatic heterocycles. The highest BCUT2D eigenvalue weighted by atomic mass is 79.9. The van der Waals surface area contributed by atoms with Gasteiger partial charge in [-0.1, -0.05) is 11.6 Å². The van der Waals surface area contributed by atoms with Crippen LogP contribution in [0.5, 0.6) is 5.75 Å². The molecule has 0 aliphatic heterocycles. The third-order valence-electron chi connectivity index (χ3n) is 2.56. The number of H-pyrrole nitrogens is 1. The number of carbonyl (C=O) groups excluding carboxylic acids is 1. The molecule has 2 N–H and O–H groups in total. The lowest BCUT2D eigenvalue weighted by Gasteiger charge is -2.12. The maximum absolute atomic E-state index is 11.8. The highest BCUT2D eigenvalue weighted by Gasteiger charge is 2.12. The summed E-state index contributed by atoms with van der Waals surface area (Å²) in [4.78, 5) is 18.8. The molecule has 2 aromatic rings. The molecule has 0 aliphatic rings. The number of carbonyl (C=O) groups is 1. The number of rotatable bonds is 5. The van der Waals surface area contributed by atoms with Crippen molar-refractivity contribution in [3.05, 3.63) is 45.9 Å². The zero-order valence-corrected chi connectivity index (χ0v) is 13.0. The summed E-state index contributed by atoms with van der Waals surface area (Å²) in [6, 6.07) is 4.91. The van der Waals surface area contributed by atoms with Gasteiger partial charge in [0.05, 0.1) is 10.5 Å². The fourth-order valence-electron chi connectivity index (χ4n) is 1.60. The second-order valence-electron chi connectivity index (χ2n) is 4.13. The molecular weight excluding hydrogens is 346 g/mol. The molecule has 5 nitrogen and oxygen atoms in total. The van der Waals surface area contributed by atoms with E-state index in [0.29, 0.717) is 21.1 Å². The third kappa shape index (κ3) is 3.98. The molecular formula is C13H13BrClN3O2. The first-order chi connectivity index (χ1) is 9.56. The van der Waals surface area contributed by atoms with Crippen LogP contribution >= 0.6 is 27.5 Å².